The number of fused-ring (bicyclic) bond motifs is 12. The van der Waals surface area contributed by atoms with Gasteiger partial charge in [0.15, 0.2) is 0 Å². The molecule has 1 nitrogen and oxygen atoms in total. The van der Waals surface area contributed by atoms with Gasteiger partial charge in [-0.3, -0.25) is 0 Å². The van der Waals surface area contributed by atoms with Crippen molar-refractivity contribution in [1.29, 1.82) is 0 Å². The Morgan fingerprint density at radius 1 is 0.239 bits per heavy atom. The third kappa shape index (κ3) is 8.39. The first-order valence-corrected chi connectivity index (χ1v) is 32.1. The maximum Gasteiger partial charge on any atom is 0.0474 e. The van der Waals surface area contributed by atoms with E-state index in [1.54, 1.807) is 0 Å². The molecule has 0 atom stereocenters. The molecule has 0 bridgehead atoms. The van der Waals surface area contributed by atoms with Crippen LogP contribution in [0.4, 0.5) is 17.1 Å². The first-order chi connectivity index (χ1) is 41.8. The van der Waals surface area contributed by atoms with Gasteiger partial charge in [0.05, 0.1) is 0 Å². The molecule has 0 fully saturated rings. The number of hydrogen-bond acceptors (Lipinski definition) is 1. The molecule has 0 saturated carbocycles. The normalized spacial score (nSPS) is 15.6. The van der Waals surface area contributed by atoms with Crippen LogP contribution >= 0.6 is 0 Å². The van der Waals surface area contributed by atoms with Gasteiger partial charge in [0.2, 0.25) is 0 Å². The topological polar surface area (TPSA) is 3.24 Å². The van der Waals surface area contributed by atoms with E-state index in [2.05, 4.69) is 327 Å². The smallest absolute Gasteiger partial charge is 0.0474 e. The second-order valence-electron chi connectivity index (χ2n) is 30.2. The van der Waals surface area contributed by atoms with E-state index in [1.165, 1.54) is 150 Å². The zero-order valence-corrected chi connectivity index (χ0v) is 54.2. The van der Waals surface area contributed by atoms with Crippen LogP contribution in [0.5, 0.6) is 0 Å². The molecule has 1 heteroatoms. The van der Waals surface area contributed by atoms with E-state index in [9.17, 15) is 0 Å². The fourth-order valence-corrected chi connectivity index (χ4v) is 16.0. The SMILES string of the molecule is Cc1c(-c2ccc3c(c2)C(C)(C)c2cc(-c4ccc5c(c4)C(C)(C)c4ccccc4-5)ccc2-3)cc(N(c2ccc(C(C)(C)C)cc2)c2ccc(C(C)(C)C)cc2)cc1-c1ccc2c(c1)C(C)(C)c1cc(-c3ccc4c(c3)C(C)(C)c3ccccc3-4)ccc1-2. The maximum atomic E-state index is 2.53. The Morgan fingerprint density at radius 3 is 0.784 bits per heavy atom. The Bertz CT molecular complexity index is 4430. The molecular weight excluding hydrogens is 1060 g/mol. The highest BCUT2D eigenvalue weighted by molar-refractivity contribution is 5.94. The van der Waals surface area contributed by atoms with Crippen molar-refractivity contribution >= 4 is 17.1 Å². The van der Waals surface area contributed by atoms with Crippen LogP contribution in [0.1, 0.15) is 158 Å². The maximum absolute atomic E-state index is 2.53. The van der Waals surface area contributed by atoms with Gasteiger partial charge in [-0.2, -0.15) is 0 Å². The second kappa shape index (κ2) is 19.1. The highest BCUT2D eigenvalue weighted by atomic mass is 15.1. The third-order valence-corrected chi connectivity index (χ3v) is 21.4. The van der Waals surface area contributed by atoms with Gasteiger partial charge in [-0.25, -0.2) is 0 Å². The van der Waals surface area contributed by atoms with Crippen LogP contribution in [0.2, 0.25) is 0 Å². The largest absolute Gasteiger partial charge is 0.310 e. The lowest BCUT2D eigenvalue weighted by atomic mass is 9.79. The number of anilines is 3. The lowest BCUT2D eigenvalue weighted by molar-refractivity contribution is 0.590. The third-order valence-electron chi connectivity index (χ3n) is 21.4. The quantitative estimate of drug-likeness (QED) is 0.154. The monoisotopic (exact) mass is 1140 g/mol. The molecule has 0 aromatic heterocycles. The van der Waals surface area contributed by atoms with Crippen molar-refractivity contribution in [2.75, 3.05) is 4.90 Å². The van der Waals surface area contributed by atoms with Crippen LogP contribution in [0.25, 0.3) is 89.0 Å². The Labute approximate surface area is 523 Å². The van der Waals surface area contributed by atoms with Gasteiger partial charge in [0.1, 0.15) is 0 Å². The minimum absolute atomic E-state index is 0.0189. The molecule has 0 unspecified atom stereocenters. The Hall–Kier alpha value is -8.78. The molecule has 434 valence electrons. The number of benzene rings is 11. The zero-order chi connectivity index (χ0) is 61.4. The average molecular weight is 1140 g/mol. The molecule has 11 aromatic carbocycles. The summed E-state index contributed by atoms with van der Waals surface area (Å²) in [5.74, 6) is 0. The highest BCUT2D eigenvalue weighted by Gasteiger charge is 2.40. The van der Waals surface area contributed by atoms with E-state index in [-0.39, 0.29) is 32.5 Å². The average Bonchev–Trinajstić information content (AvgIpc) is 1.67. The van der Waals surface area contributed by atoms with Crippen molar-refractivity contribution in [3.8, 4) is 89.0 Å². The van der Waals surface area contributed by atoms with Crippen LogP contribution < -0.4 is 4.90 Å². The molecule has 88 heavy (non-hydrogen) atoms. The van der Waals surface area contributed by atoms with Gasteiger partial charge in [-0.15, -0.1) is 0 Å². The summed E-state index contributed by atoms with van der Waals surface area (Å²) in [7, 11) is 0. The van der Waals surface area contributed by atoms with E-state index < -0.39 is 0 Å². The highest BCUT2D eigenvalue weighted by Crippen LogP contribution is 2.56. The summed E-state index contributed by atoms with van der Waals surface area (Å²) < 4.78 is 0. The summed E-state index contributed by atoms with van der Waals surface area (Å²) in [4.78, 5) is 2.49. The van der Waals surface area contributed by atoms with Crippen molar-refractivity contribution < 1.29 is 0 Å². The van der Waals surface area contributed by atoms with E-state index in [0.717, 1.165) is 17.1 Å². The first kappa shape index (κ1) is 55.8. The minimum Gasteiger partial charge on any atom is -0.310 e. The van der Waals surface area contributed by atoms with Crippen LogP contribution in [0.15, 0.2) is 218 Å². The number of nitrogens with zero attached hydrogens (tertiary/aromatic N) is 1. The van der Waals surface area contributed by atoms with Crippen LogP contribution in [-0.2, 0) is 32.5 Å². The summed E-state index contributed by atoms with van der Waals surface area (Å²) >= 11 is 0. The zero-order valence-electron chi connectivity index (χ0n) is 54.2. The Morgan fingerprint density at radius 2 is 0.489 bits per heavy atom. The molecule has 0 spiro atoms. The fraction of sp³-hybridized carbons (Fsp3) is 0.241. The van der Waals surface area contributed by atoms with Gasteiger partial charge in [0.25, 0.3) is 0 Å². The summed E-state index contributed by atoms with van der Waals surface area (Å²) in [5.41, 5.74) is 38.6. The summed E-state index contributed by atoms with van der Waals surface area (Å²) in [6.45, 7) is 35.4. The van der Waals surface area contributed by atoms with Crippen molar-refractivity contribution in [2.45, 2.75) is 136 Å². The summed E-state index contributed by atoms with van der Waals surface area (Å²) in [5, 5.41) is 0. The molecule has 4 aliphatic rings. The van der Waals surface area contributed by atoms with E-state index >= 15 is 0 Å². The lowest BCUT2D eigenvalue weighted by Gasteiger charge is -2.30. The van der Waals surface area contributed by atoms with E-state index in [1.807, 2.05) is 0 Å². The predicted molar refractivity (Wildman–Crippen MR) is 375 cm³/mol. The van der Waals surface area contributed by atoms with Crippen molar-refractivity contribution in [3.05, 3.63) is 280 Å². The molecule has 0 aliphatic heterocycles. The lowest BCUT2D eigenvalue weighted by Crippen LogP contribution is -2.16. The number of rotatable bonds is 7. The molecule has 0 N–H and O–H groups in total. The van der Waals surface area contributed by atoms with Crippen molar-refractivity contribution in [2.24, 2.45) is 0 Å². The van der Waals surface area contributed by atoms with E-state index in [4.69, 9.17) is 0 Å². The minimum atomic E-state index is -0.240. The molecule has 15 rings (SSSR count). The van der Waals surface area contributed by atoms with Gasteiger partial charge >= 0.3 is 0 Å². The van der Waals surface area contributed by atoms with Gasteiger partial charge < -0.3 is 4.90 Å². The molecule has 0 radical (unpaired) electrons. The summed E-state index contributed by atoms with van der Waals surface area (Å²) in [6.07, 6.45) is 0. The fourth-order valence-electron chi connectivity index (χ4n) is 16.0. The molecule has 11 aromatic rings. The Balaban J connectivity index is 0.854. The second-order valence-corrected chi connectivity index (χ2v) is 30.2. The molecule has 0 heterocycles. The van der Waals surface area contributed by atoms with Gasteiger partial charge in [-0.1, -0.05) is 243 Å². The summed E-state index contributed by atoms with van der Waals surface area (Å²) in [6, 6.07) is 85.0. The van der Waals surface area contributed by atoms with Crippen LogP contribution in [-0.4, -0.2) is 0 Å². The predicted octanol–water partition coefficient (Wildman–Crippen LogP) is 24.0. The van der Waals surface area contributed by atoms with Gasteiger partial charge in [-0.05, 0) is 241 Å². The Kier molecular flexibility index (Phi) is 12.1. The van der Waals surface area contributed by atoms with Crippen LogP contribution in [0, 0.1) is 6.92 Å². The van der Waals surface area contributed by atoms with Gasteiger partial charge in [0, 0.05) is 38.7 Å². The molecule has 0 amide bonds. The van der Waals surface area contributed by atoms with E-state index in [0.29, 0.717) is 0 Å². The number of hydrogen-bond donors (Lipinski definition) is 0. The molecular formula is C87H81N. The van der Waals surface area contributed by atoms with Crippen molar-refractivity contribution in [1.82, 2.24) is 0 Å². The van der Waals surface area contributed by atoms with Crippen LogP contribution in [0.3, 0.4) is 0 Å². The van der Waals surface area contributed by atoms with Crippen molar-refractivity contribution in [3.63, 3.8) is 0 Å². The molecule has 0 saturated heterocycles. The standard InChI is InChI=1S/C87H81N/c1-52-72(57-28-42-70-68-40-26-55(46-78(68)86(12,13)80(70)48-57)53-24-38-66-64-20-16-18-22-74(64)84(8,9)76(66)44-53)50-63(88(61-34-30-59(31-35-61)82(2,3)4)62-36-32-60(33-37-62)83(5,6)7)51-73(52)58-29-43-71-69-41-27-56(47-79(69)87(14,15)81(71)49-58)54-25-39-67-65-21-17-19-23-75(65)85(10,11)77(67)45-54/h16-51H,1-15H3. The molecule has 4 aliphatic carbocycles. The first-order valence-electron chi connectivity index (χ1n) is 32.1.